The molecule has 0 bridgehead atoms. The van der Waals surface area contributed by atoms with E-state index in [9.17, 15) is 4.39 Å². The minimum atomic E-state index is -1.15. The highest BCUT2D eigenvalue weighted by molar-refractivity contribution is 5.40. The Morgan fingerprint density at radius 3 is 2.38 bits per heavy atom. The summed E-state index contributed by atoms with van der Waals surface area (Å²) in [4.78, 5) is 0. The lowest BCUT2D eigenvalue weighted by Gasteiger charge is -2.12. The molecule has 2 rings (SSSR count). The fourth-order valence-corrected chi connectivity index (χ4v) is 1.99. The molecule has 0 saturated heterocycles. The van der Waals surface area contributed by atoms with E-state index in [4.69, 9.17) is 4.74 Å². The van der Waals surface area contributed by atoms with Gasteiger partial charge >= 0.3 is 0 Å². The zero-order valence-corrected chi connectivity index (χ0v) is 12.5. The van der Waals surface area contributed by atoms with E-state index >= 15 is 0 Å². The summed E-state index contributed by atoms with van der Waals surface area (Å²) in [6, 6.07) is 16.7. The highest BCUT2D eigenvalue weighted by Crippen LogP contribution is 2.32. The number of rotatable bonds is 6. The van der Waals surface area contributed by atoms with Gasteiger partial charge in [-0.2, -0.15) is 0 Å². The number of allylic oxidation sites excluding steroid dienone is 2. The molecule has 1 unspecified atom stereocenters. The van der Waals surface area contributed by atoms with Gasteiger partial charge in [-0.1, -0.05) is 62.4 Å². The molecule has 2 aromatic carbocycles. The highest BCUT2D eigenvalue weighted by atomic mass is 19.1. The second kappa shape index (κ2) is 7.63. The predicted octanol–water partition coefficient (Wildman–Crippen LogP) is 6.09. The summed E-state index contributed by atoms with van der Waals surface area (Å²) in [5.74, 6) is 1.80. The second-order valence-corrected chi connectivity index (χ2v) is 5.41. The van der Waals surface area contributed by atoms with Crippen LogP contribution >= 0.6 is 0 Å². The molecule has 0 heterocycles. The highest BCUT2D eigenvalue weighted by Gasteiger charge is 2.12. The standard InChI is InChI=1S/C19H21FO/c1-15(2)9-8-13-18(20)17-12-6-7-14-19(17)21-16-10-4-3-5-11-16/h3-8,10-15,18H,9H2,1-2H3. The quantitative estimate of drug-likeness (QED) is 0.583. The van der Waals surface area contributed by atoms with Crippen molar-refractivity contribution in [3.63, 3.8) is 0 Å². The van der Waals surface area contributed by atoms with Crippen molar-refractivity contribution in [3.8, 4) is 11.5 Å². The Balaban J connectivity index is 2.14. The summed E-state index contributed by atoms with van der Waals surface area (Å²) < 4.78 is 20.2. The van der Waals surface area contributed by atoms with Crippen LogP contribution in [0.1, 0.15) is 32.0 Å². The first-order chi connectivity index (χ1) is 10.2. The molecule has 0 fully saturated rings. The van der Waals surface area contributed by atoms with Crippen molar-refractivity contribution in [1.29, 1.82) is 0 Å². The summed E-state index contributed by atoms with van der Waals surface area (Å²) in [5.41, 5.74) is 0.557. The molecule has 0 N–H and O–H groups in total. The SMILES string of the molecule is CC(C)CC=CC(F)c1ccccc1Oc1ccccc1. The lowest BCUT2D eigenvalue weighted by atomic mass is 10.1. The van der Waals surface area contributed by atoms with Gasteiger partial charge in [0.2, 0.25) is 0 Å². The van der Waals surface area contributed by atoms with Gasteiger partial charge in [0.05, 0.1) is 0 Å². The average molecular weight is 284 g/mol. The van der Waals surface area contributed by atoms with Gasteiger partial charge in [-0.05, 0) is 30.5 Å². The minimum Gasteiger partial charge on any atom is -0.457 e. The predicted molar refractivity (Wildman–Crippen MR) is 85.4 cm³/mol. The van der Waals surface area contributed by atoms with E-state index < -0.39 is 6.17 Å². The normalized spacial score (nSPS) is 12.8. The molecule has 0 aliphatic rings. The minimum absolute atomic E-state index is 0.532. The van der Waals surface area contributed by atoms with E-state index in [-0.39, 0.29) is 0 Å². The number of para-hydroxylation sites is 2. The molecule has 0 aromatic heterocycles. The van der Waals surface area contributed by atoms with E-state index in [0.29, 0.717) is 23.0 Å². The molecular weight excluding hydrogens is 263 g/mol. The molecule has 2 aromatic rings. The summed E-state index contributed by atoms with van der Waals surface area (Å²) >= 11 is 0. The van der Waals surface area contributed by atoms with E-state index in [2.05, 4.69) is 13.8 Å². The van der Waals surface area contributed by atoms with Gasteiger partial charge in [-0.15, -0.1) is 0 Å². The van der Waals surface area contributed by atoms with Crippen molar-refractivity contribution < 1.29 is 9.13 Å². The second-order valence-electron chi connectivity index (χ2n) is 5.41. The maximum absolute atomic E-state index is 14.4. The Hall–Kier alpha value is -2.09. The molecule has 0 aliphatic carbocycles. The topological polar surface area (TPSA) is 9.23 Å². The van der Waals surface area contributed by atoms with Gasteiger partial charge in [0, 0.05) is 5.56 Å². The number of hydrogen-bond acceptors (Lipinski definition) is 1. The van der Waals surface area contributed by atoms with E-state index in [1.165, 1.54) is 0 Å². The van der Waals surface area contributed by atoms with Crippen LogP contribution in [0.2, 0.25) is 0 Å². The zero-order valence-electron chi connectivity index (χ0n) is 12.5. The Kier molecular flexibility index (Phi) is 5.56. The Labute approximate surface area is 126 Å². The molecule has 0 saturated carbocycles. The molecule has 110 valence electrons. The largest absolute Gasteiger partial charge is 0.457 e. The number of alkyl halides is 1. The number of benzene rings is 2. The van der Waals surface area contributed by atoms with Crippen molar-refractivity contribution in [3.05, 3.63) is 72.3 Å². The average Bonchev–Trinajstić information content (AvgIpc) is 2.48. The molecule has 0 amide bonds. The molecule has 0 radical (unpaired) electrons. The maximum Gasteiger partial charge on any atom is 0.147 e. The number of hydrogen-bond donors (Lipinski definition) is 0. The van der Waals surface area contributed by atoms with Gasteiger partial charge in [-0.3, -0.25) is 0 Å². The smallest absolute Gasteiger partial charge is 0.147 e. The van der Waals surface area contributed by atoms with Gasteiger partial charge in [0.1, 0.15) is 17.7 Å². The van der Waals surface area contributed by atoms with Crippen LogP contribution < -0.4 is 4.74 Å². The van der Waals surface area contributed by atoms with E-state index in [1.807, 2.05) is 48.5 Å². The number of halogens is 1. The lowest BCUT2D eigenvalue weighted by Crippen LogP contribution is -1.94. The molecule has 21 heavy (non-hydrogen) atoms. The fourth-order valence-electron chi connectivity index (χ4n) is 1.99. The van der Waals surface area contributed by atoms with Gasteiger partial charge < -0.3 is 4.74 Å². The van der Waals surface area contributed by atoms with Gasteiger partial charge in [0.15, 0.2) is 0 Å². The summed E-state index contributed by atoms with van der Waals surface area (Å²) in [7, 11) is 0. The van der Waals surface area contributed by atoms with Crippen LogP contribution in [0.5, 0.6) is 11.5 Å². The first kappa shape index (κ1) is 15.3. The first-order valence-corrected chi connectivity index (χ1v) is 7.29. The Morgan fingerprint density at radius 1 is 1.00 bits per heavy atom. The molecule has 2 heteroatoms. The molecule has 1 nitrogen and oxygen atoms in total. The molecule has 0 aliphatic heterocycles. The monoisotopic (exact) mass is 284 g/mol. The lowest BCUT2D eigenvalue weighted by molar-refractivity contribution is 0.392. The molecule has 1 atom stereocenters. The zero-order chi connectivity index (χ0) is 15.1. The Morgan fingerprint density at radius 2 is 1.67 bits per heavy atom. The van der Waals surface area contributed by atoms with Crippen LogP contribution in [0.4, 0.5) is 4.39 Å². The fraction of sp³-hybridized carbons (Fsp3) is 0.263. The van der Waals surface area contributed by atoms with Crippen molar-refractivity contribution in [2.45, 2.75) is 26.4 Å². The van der Waals surface area contributed by atoms with Gasteiger partial charge in [0.25, 0.3) is 0 Å². The van der Waals surface area contributed by atoms with Crippen molar-refractivity contribution in [2.24, 2.45) is 5.92 Å². The molecular formula is C19H21FO. The van der Waals surface area contributed by atoms with Crippen molar-refractivity contribution in [1.82, 2.24) is 0 Å². The van der Waals surface area contributed by atoms with Crippen LogP contribution in [-0.4, -0.2) is 0 Å². The maximum atomic E-state index is 14.4. The van der Waals surface area contributed by atoms with Crippen LogP contribution in [0.15, 0.2) is 66.7 Å². The first-order valence-electron chi connectivity index (χ1n) is 7.29. The van der Waals surface area contributed by atoms with Crippen LogP contribution in [0.25, 0.3) is 0 Å². The third-order valence-electron chi connectivity index (χ3n) is 3.10. The van der Waals surface area contributed by atoms with Gasteiger partial charge in [-0.25, -0.2) is 4.39 Å². The number of ether oxygens (including phenoxy) is 1. The van der Waals surface area contributed by atoms with E-state index in [1.54, 1.807) is 18.2 Å². The summed E-state index contributed by atoms with van der Waals surface area (Å²) in [6.07, 6.45) is 3.23. The molecule has 0 spiro atoms. The third-order valence-corrected chi connectivity index (χ3v) is 3.10. The Bertz CT molecular complexity index is 575. The van der Waals surface area contributed by atoms with Crippen molar-refractivity contribution >= 4 is 0 Å². The summed E-state index contributed by atoms with van der Waals surface area (Å²) in [6.45, 7) is 4.23. The van der Waals surface area contributed by atoms with E-state index in [0.717, 1.165) is 6.42 Å². The van der Waals surface area contributed by atoms with Crippen LogP contribution in [0.3, 0.4) is 0 Å². The summed E-state index contributed by atoms with van der Waals surface area (Å²) in [5, 5.41) is 0. The van der Waals surface area contributed by atoms with Crippen molar-refractivity contribution in [2.75, 3.05) is 0 Å². The van der Waals surface area contributed by atoms with Crippen LogP contribution in [-0.2, 0) is 0 Å². The van der Waals surface area contributed by atoms with Crippen LogP contribution in [0, 0.1) is 5.92 Å². The third kappa shape index (κ3) is 4.75.